The van der Waals surface area contributed by atoms with Gasteiger partial charge in [-0.2, -0.15) is 0 Å². The zero-order valence-corrected chi connectivity index (χ0v) is 17.3. The van der Waals surface area contributed by atoms with Crippen LogP contribution in [0.15, 0.2) is 0 Å². The molecule has 3 rings (SSSR count). The molecule has 0 saturated heterocycles. The lowest BCUT2D eigenvalue weighted by atomic mass is 9.46. The molecule has 0 bridgehead atoms. The minimum absolute atomic E-state index is 0.539. The monoisotopic (exact) mass is 331 g/mol. The van der Waals surface area contributed by atoms with Gasteiger partial charge in [0.1, 0.15) is 0 Å². The Morgan fingerprint density at radius 3 is 2.08 bits per heavy atom. The number of hydrogen-bond acceptors (Lipinski definition) is 0. The van der Waals surface area contributed by atoms with E-state index in [0.29, 0.717) is 10.8 Å². The van der Waals surface area contributed by atoms with E-state index in [1.54, 1.807) is 0 Å². The van der Waals surface area contributed by atoms with Crippen LogP contribution in [0, 0.1) is 40.4 Å². The van der Waals surface area contributed by atoms with Crippen LogP contribution in [0.3, 0.4) is 0 Å². The van der Waals surface area contributed by atoms with Gasteiger partial charge in [-0.25, -0.2) is 0 Å². The summed E-state index contributed by atoms with van der Waals surface area (Å²) in [6.07, 6.45) is 17.7. The second kappa shape index (κ2) is 7.32. The lowest BCUT2D eigenvalue weighted by Crippen LogP contribution is -2.49. The molecule has 0 heteroatoms. The molecule has 0 aliphatic heterocycles. The van der Waals surface area contributed by atoms with Crippen LogP contribution in [-0.2, 0) is 0 Å². The van der Waals surface area contributed by atoms with Crippen molar-refractivity contribution in [2.45, 2.75) is 112 Å². The van der Waals surface area contributed by atoms with Crippen molar-refractivity contribution in [3.8, 4) is 0 Å². The molecule has 0 heterocycles. The Labute approximate surface area is 152 Å². The lowest BCUT2D eigenvalue weighted by molar-refractivity contribution is -0.0421. The third-order valence-electron chi connectivity index (χ3n) is 8.24. The van der Waals surface area contributed by atoms with Gasteiger partial charge in [0.2, 0.25) is 0 Å². The average Bonchev–Trinajstić information content (AvgIpc) is 2.77. The van der Waals surface area contributed by atoms with Gasteiger partial charge in [0.15, 0.2) is 0 Å². The fraction of sp³-hybridized carbons (Fsp3) is 0.958. The molecule has 0 nitrogen and oxygen atoms in total. The third-order valence-corrected chi connectivity index (χ3v) is 8.24. The summed E-state index contributed by atoms with van der Waals surface area (Å²) in [4.78, 5) is 0. The van der Waals surface area contributed by atoms with E-state index in [-0.39, 0.29) is 0 Å². The Kier molecular flexibility index (Phi) is 5.73. The quantitative estimate of drug-likeness (QED) is 0.452. The zero-order chi connectivity index (χ0) is 17.4. The second-order valence-corrected chi connectivity index (χ2v) is 10.9. The Balaban J connectivity index is 1.96. The molecular formula is C24H43. The highest BCUT2D eigenvalue weighted by Gasteiger charge is 2.53. The van der Waals surface area contributed by atoms with Crippen LogP contribution in [0.25, 0.3) is 0 Å². The van der Waals surface area contributed by atoms with Crippen molar-refractivity contribution in [2.75, 3.05) is 0 Å². The summed E-state index contributed by atoms with van der Waals surface area (Å²) in [5, 5.41) is 0. The van der Waals surface area contributed by atoms with Crippen LogP contribution in [-0.4, -0.2) is 0 Å². The van der Waals surface area contributed by atoms with E-state index in [9.17, 15) is 0 Å². The second-order valence-electron chi connectivity index (χ2n) is 10.9. The summed E-state index contributed by atoms with van der Waals surface area (Å²) in [6, 6.07) is 0. The van der Waals surface area contributed by atoms with Crippen molar-refractivity contribution in [2.24, 2.45) is 34.5 Å². The van der Waals surface area contributed by atoms with Gasteiger partial charge in [0.05, 0.1) is 0 Å². The number of rotatable bonds is 2. The summed E-state index contributed by atoms with van der Waals surface area (Å²) in [6.45, 7) is 12.9. The SMILES string of the molecule is CC1CC(C)(C)CC([C]2CCCCCC2)(C2CCCC(C)C2C)C1. The van der Waals surface area contributed by atoms with Crippen LogP contribution in [0.2, 0.25) is 0 Å². The normalized spacial score (nSPS) is 44.9. The topological polar surface area (TPSA) is 0 Å². The minimum atomic E-state index is 0.539. The first-order valence-corrected chi connectivity index (χ1v) is 11.2. The fourth-order valence-electron chi connectivity index (χ4n) is 7.46. The molecule has 1 radical (unpaired) electrons. The predicted octanol–water partition coefficient (Wildman–Crippen LogP) is 7.82. The number of hydrogen-bond donors (Lipinski definition) is 0. The van der Waals surface area contributed by atoms with Crippen molar-refractivity contribution in [1.29, 1.82) is 0 Å². The molecule has 5 unspecified atom stereocenters. The molecule has 5 atom stereocenters. The molecule has 139 valence electrons. The molecule has 0 spiro atoms. The van der Waals surface area contributed by atoms with Gasteiger partial charge in [-0.1, -0.05) is 73.1 Å². The van der Waals surface area contributed by atoms with Crippen LogP contribution >= 0.6 is 0 Å². The lowest BCUT2D eigenvalue weighted by Gasteiger charge is -2.58. The summed E-state index contributed by atoms with van der Waals surface area (Å²) >= 11 is 0. The van der Waals surface area contributed by atoms with Crippen molar-refractivity contribution in [1.82, 2.24) is 0 Å². The Morgan fingerprint density at radius 2 is 1.46 bits per heavy atom. The fourth-order valence-corrected chi connectivity index (χ4v) is 7.46. The first-order valence-electron chi connectivity index (χ1n) is 11.2. The molecule has 0 aromatic carbocycles. The first kappa shape index (κ1) is 18.8. The Hall–Kier alpha value is 0. The molecule has 0 amide bonds. The highest BCUT2D eigenvalue weighted by Crippen LogP contribution is 2.63. The zero-order valence-electron chi connectivity index (χ0n) is 17.3. The molecule has 3 fully saturated rings. The Morgan fingerprint density at radius 1 is 0.792 bits per heavy atom. The van der Waals surface area contributed by atoms with Gasteiger partial charge in [-0.15, -0.1) is 0 Å². The van der Waals surface area contributed by atoms with Crippen LogP contribution in [0.4, 0.5) is 0 Å². The van der Waals surface area contributed by atoms with Crippen LogP contribution < -0.4 is 0 Å². The first-order chi connectivity index (χ1) is 11.3. The summed E-state index contributed by atoms with van der Waals surface area (Å²) in [7, 11) is 0. The van der Waals surface area contributed by atoms with E-state index in [2.05, 4.69) is 34.6 Å². The van der Waals surface area contributed by atoms with E-state index in [4.69, 9.17) is 0 Å². The highest BCUT2D eigenvalue weighted by molar-refractivity contribution is 5.15. The smallest absolute Gasteiger partial charge is 0.0176 e. The highest BCUT2D eigenvalue weighted by atomic mass is 14.6. The molecule has 0 aromatic heterocycles. The van der Waals surface area contributed by atoms with E-state index in [1.807, 2.05) is 5.92 Å². The summed E-state index contributed by atoms with van der Waals surface area (Å²) < 4.78 is 0. The van der Waals surface area contributed by atoms with E-state index < -0.39 is 0 Å². The van der Waals surface area contributed by atoms with Crippen molar-refractivity contribution >= 4 is 0 Å². The maximum absolute atomic E-state index is 2.61. The molecule has 3 aliphatic rings. The van der Waals surface area contributed by atoms with Crippen molar-refractivity contribution < 1.29 is 0 Å². The van der Waals surface area contributed by atoms with Gasteiger partial charge in [-0.05, 0) is 78.9 Å². The molecule has 0 aromatic rings. The van der Waals surface area contributed by atoms with E-state index >= 15 is 0 Å². The average molecular weight is 332 g/mol. The van der Waals surface area contributed by atoms with E-state index in [1.165, 1.54) is 77.0 Å². The van der Waals surface area contributed by atoms with Crippen molar-refractivity contribution in [3.63, 3.8) is 0 Å². The van der Waals surface area contributed by atoms with Gasteiger partial charge in [0.25, 0.3) is 0 Å². The molecule has 24 heavy (non-hydrogen) atoms. The third kappa shape index (κ3) is 3.73. The summed E-state index contributed by atoms with van der Waals surface area (Å²) in [5.74, 6) is 5.78. The van der Waals surface area contributed by atoms with Gasteiger partial charge >= 0.3 is 0 Å². The molecule has 0 N–H and O–H groups in total. The maximum atomic E-state index is 2.61. The summed E-state index contributed by atoms with van der Waals surface area (Å²) in [5.41, 5.74) is 1.12. The van der Waals surface area contributed by atoms with E-state index in [0.717, 1.165) is 23.7 Å². The van der Waals surface area contributed by atoms with Crippen LogP contribution in [0.5, 0.6) is 0 Å². The van der Waals surface area contributed by atoms with Gasteiger partial charge in [-0.3, -0.25) is 0 Å². The standard InChI is InChI=1S/C24H43/c1-18-15-23(4,5)17-24(16-18,21-12-8-6-7-9-13-21)22-14-10-11-19(2)20(22)3/h18-20,22H,6-17H2,1-5H3. The maximum Gasteiger partial charge on any atom is -0.0176 e. The minimum Gasteiger partial charge on any atom is -0.0625 e. The largest absolute Gasteiger partial charge is 0.0625 e. The molecule has 3 aliphatic carbocycles. The molecule has 3 saturated carbocycles. The van der Waals surface area contributed by atoms with Gasteiger partial charge in [0, 0.05) is 0 Å². The van der Waals surface area contributed by atoms with Gasteiger partial charge < -0.3 is 0 Å². The Bertz CT molecular complexity index is 400. The van der Waals surface area contributed by atoms with Crippen molar-refractivity contribution in [3.05, 3.63) is 5.92 Å². The molecular weight excluding hydrogens is 288 g/mol. The van der Waals surface area contributed by atoms with Crippen LogP contribution in [0.1, 0.15) is 112 Å². The predicted molar refractivity (Wildman–Crippen MR) is 106 cm³/mol.